The number of carbonyl (C=O) groups excluding carboxylic acids is 2. The molecule has 0 saturated carbocycles. The van der Waals surface area contributed by atoms with Crippen LogP contribution in [0.2, 0.25) is 0 Å². The summed E-state index contributed by atoms with van der Waals surface area (Å²) in [5, 5.41) is 2.53. The number of hydrogen-bond acceptors (Lipinski definition) is 2. The van der Waals surface area contributed by atoms with Crippen LogP contribution in [-0.2, 0) is 4.79 Å². The fraction of sp³-hybridized carbons (Fsp3) is 0.238. The van der Waals surface area contributed by atoms with Crippen molar-refractivity contribution < 1.29 is 18.4 Å². The van der Waals surface area contributed by atoms with Crippen molar-refractivity contribution in [1.29, 1.82) is 0 Å². The summed E-state index contributed by atoms with van der Waals surface area (Å²) in [5.41, 5.74) is 1.65. The standard InChI is InChI=1S/C21H18F2N2O2/c22-18-11-8-16(14-19(18)23)21(27)24-12-3-4-15-6-9-17(10-7-15)25-13-2-1-5-20(25)26/h6-11,14H,1-2,5,12-13H2,(H,24,27). The van der Waals surface area contributed by atoms with Gasteiger partial charge < -0.3 is 10.2 Å². The summed E-state index contributed by atoms with van der Waals surface area (Å²) in [5.74, 6) is 3.26. The molecule has 27 heavy (non-hydrogen) atoms. The molecule has 1 heterocycles. The molecule has 0 atom stereocenters. The minimum absolute atomic E-state index is 0.0336. The van der Waals surface area contributed by atoms with E-state index in [1.54, 1.807) is 4.90 Å². The highest BCUT2D eigenvalue weighted by molar-refractivity contribution is 5.94. The van der Waals surface area contributed by atoms with Gasteiger partial charge in [0.15, 0.2) is 11.6 Å². The number of amides is 2. The smallest absolute Gasteiger partial charge is 0.252 e. The lowest BCUT2D eigenvalue weighted by Gasteiger charge is -2.26. The van der Waals surface area contributed by atoms with Gasteiger partial charge in [0.25, 0.3) is 5.91 Å². The van der Waals surface area contributed by atoms with Crippen LogP contribution in [-0.4, -0.2) is 24.9 Å². The summed E-state index contributed by atoms with van der Waals surface area (Å²) in [4.78, 5) is 25.6. The molecule has 2 aromatic rings. The first-order chi connectivity index (χ1) is 13.0. The molecule has 1 aliphatic rings. The first kappa shape index (κ1) is 18.6. The molecule has 2 aromatic carbocycles. The molecule has 2 amide bonds. The molecule has 0 radical (unpaired) electrons. The van der Waals surface area contributed by atoms with Crippen LogP contribution in [0.25, 0.3) is 0 Å². The van der Waals surface area contributed by atoms with Gasteiger partial charge in [-0.1, -0.05) is 11.8 Å². The van der Waals surface area contributed by atoms with E-state index >= 15 is 0 Å². The lowest BCUT2D eigenvalue weighted by molar-refractivity contribution is -0.119. The predicted molar refractivity (Wildman–Crippen MR) is 98.2 cm³/mol. The van der Waals surface area contributed by atoms with E-state index in [-0.39, 0.29) is 18.0 Å². The van der Waals surface area contributed by atoms with E-state index in [0.717, 1.165) is 42.8 Å². The zero-order valence-corrected chi connectivity index (χ0v) is 14.6. The highest BCUT2D eigenvalue weighted by Gasteiger charge is 2.19. The van der Waals surface area contributed by atoms with Crippen LogP contribution in [0, 0.1) is 23.5 Å². The van der Waals surface area contributed by atoms with Gasteiger partial charge in [-0.05, 0) is 55.3 Å². The van der Waals surface area contributed by atoms with Crippen LogP contribution >= 0.6 is 0 Å². The number of hydrogen-bond donors (Lipinski definition) is 1. The van der Waals surface area contributed by atoms with E-state index < -0.39 is 17.5 Å². The van der Waals surface area contributed by atoms with Gasteiger partial charge >= 0.3 is 0 Å². The van der Waals surface area contributed by atoms with Crippen LogP contribution in [0.5, 0.6) is 0 Å². The number of piperidine rings is 1. The maximum Gasteiger partial charge on any atom is 0.252 e. The molecule has 0 aromatic heterocycles. The molecule has 0 spiro atoms. The van der Waals surface area contributed by atoms with Gasteiger partial charge in [0.05, 0.1) is 6.54 Å². The average Bonchev–Trinajstić information content (AvgIpc) is 2.68. The van der Waals surface area contributed by atoms with Crippen molar-refractivity contribution in [1.82, 2.24) is 5.32 Å². The second kappa shape index (κ2) is 8.45. The molecule has 0 unspecified atom stereocenters. The van der Waals surface area contributed by atoms with Gasteiger partial charge in [-0.25, -0.2) is 8.78 Å². The number of anilines is 1. The van der Waals surface area contributed by atoms with Gasteiger partial charge in [-0.15, -0.1) is 0 Å². The van der Waals surface area contributed by atoms with E-state index in [9.17, 15) is 18.4 Å². The second-order valence-corrected chi connectivity index (χ2v) is 6.16. The van der Waals surface area contributed by atoms with Gasteiger partial charge in [-0.3, -0.25) is 9.59 Å². The fourth-order valence-corrected chi connectivity index (χ4v) is 2.81. The Morgan fingerprint density at radius 1 is 1.07 bits per heavy atom. The summed E-state index contributed by atoms with van der Waals surface area (Å²) in [6, 6.07) is 10.3. The van der Waals surface area contributed by atoms with Crippen molar-refractivity contribution >= 4 is 17.5 Å². The Morgan fingerprint density at radius 2 is 1.85 bits per heavy atom. The predicted octanol–water partition coefficient (Wildman–Crippen LogP) is 3.26. The topological polar surface area (TPSA) is 49.4 Å². The van der Waals surface area contributed by atoms with Crippen molar-refractivity contribution in [3.05, 3.63) is 65.2 Å². The first-order valence-corrected chi connectivity index (χ1v) is 8.67. The highest BCUT2D eigenvalue weighted by atomic mass is 19.2. The highest BCUT2D eigenvalue weighted by Crippen LogP contribution is 2.21. The largest absolute Gasteiger partial charge is 0.341 e. The molecule has 3 rings (SSSR count). The van der Waals surface area contributed by atoms with Crippen molar-refractivity contribution in [2.75, 3.05) is 18.0 Å². The summed E-state index contributed by atoms with van der Waals surface area (Å²) < 4.78 is 26.0. The third-order valence-corrected chi connectivity index (χ3v) is 4.25. The van der Waals surface area contributed by atoms with Crippen LogP contribution in [0.3, 0.4) is 0 Å². The Morgan fingerprint density at radius 3 is 2.56 bits per heavy atom. The molecule has 4 nitrogen and oxygen atoms in total. The van der Waals surface area contributed by atoms with Crippen LogP contribution < -0.4 is 10.2 Å². The minimum Gasteiger partial charge on any atom is -0.341 e. The molecule has 1 N–H and O–H groups in total. The normalized spacial score (nSPS) is 13.7. The zero-order valence-electron chi connectivity index (χ0n) is 14.6. The third kappa shape index (κ3) is 4.70. The van der Waals surface area contributed by atoms with E-state index in [4.69, 9.17) is 0 Å². The Balaban J connectivity index is 1.55. The van der Waals surface area contributed by atoms with Gasteiger partial charge in [-0.2, -0.15) is 0 Å². The molecular formula is C21H18F2N2O2. The van der Waals surface area contributed by atoms with E-state index in [0.29, 0.717) is 6.42 Å². The lowest BCUT2D eigenvalue weighted by atomic mass is 10.1. The average molecular weight is 368 g/mol. The van der Waals surface area contributed by atoms with Crippen LogP contribution in [0.15, 0.2) is 42.5 Å². The maximum atomic E-state index is 13.1. The molecule has 0 bridgehead atoms. The first-order valence-electron chi connectivity index (χ1n) is 8.67. The van der Waals surface area contributed by atoms with Crippen LogP contribution in [0.1, 0.15) is 35.2 Å². The minimum atomic E-state index is -1.07. The fourth-order valence-electron chi connectivity index (χ4n) is 2.81. The van der Waals surface area contributed by atoms with Crippen molar-refractivity contribution in [3.8, 4) is 11.8 Å². The third-order valence-electron chi connectivity index (χ3n) is 4.25. The zero-order chi connectivity index (χ0) is 19.2. The van der Waals surface area contributed by atoms with E-state index in [1.807, 2.05) is 24.3 Å². The van der Waals surface area contributed by atoms with Gasteiger partial charge in [0.1, 0.15) is 0 Å². The molecule has 1 fully saturated rings. The Hall–Kier alpha value is -3.20. The summed E-state index contributed by atoms with van der Waals surface area (Å²) in [7, 11) is 0. The quantitative estimate of drug-likeness (QED) is 0.846. The number of benzene rings is 2. The van der Waals surface area contributed by atoms with Crippen molar-refractivity contribution in [3.63, 3.8) is 0 Å². The van der Waals surface area contributed by atoms with Gasteiger partial charge in [0.2, 0.25) is 5.91 Å². The molecule has 6 heteroatoms. The molecular weight excluding hydrogens is 350 g/mol. The Kier molecular flexibility index (Phi) is 5.82. The second-order valence-electron chi connectivity index (χ2n) is 6.16. The SMILES string of the molecule is O=C(NCC#Cc1ccc(N2CCCCC2=O)cc1)c1ccc(F)c(F)c1. The Bertz CT molecular complexity index is 914. The summed E-state index contributed by atoms with van der Waals surface area (Å²) >= 11 is 0. The summed E-state index contributed by atoms with van der Waals surface area (Å²) in [6.45, 7) is 0.810. The van der Waals surface area contributed by atoms with E-state index in [1.165, 1.54) is 6.07 Å². The van der Waals surface area contributed by atoms with Crippen molar-refractivity contribution in [2.45, 2.75) is 19.3 Å². The summed E-state index contributed by atoms with van der Waals surface area (Å²) in [6.07, 6.45) is 2.53. The van der Waals surface area contributed by atoms with E-state index in [2.05, 4.69) is 17.2 Å². The number of nitrogens with one attached hydrogen (secondary N) is 1. The molecule has 138 valence electrons. The number of nitrogens with zero attached hydrogens (tertiary/aromatic N) is 1. The molecule has 1 saturated heterocycles. The van der Waals surface area contributed by atoms with Crippen LogP contribution in [0.4, 0.5) is 14.5 Å². The molecule has 0 aliphatic carbocycles. The molecule has 1 aliphatic heterocycles. The number of carbonyl (C=O) groups is 2. The van der Waals surface area contributed by atoms with Gasteiger partial charge in [0, 0.05) is 29.8 Å². The monoisotopic (exact) mass is 368 g/mol. The number of rotatable bonds is 3. The lowest BCUT2D eigenvalue weighted by Crippen LogP contribution is -2.35. The Labute approximate surface area is 156 Å². The number of halogens is 2. The van der Waals surface area contributed by atoms with Crippen molar-refractivity contribution in [2.24, 2.45) is 0 Å². The maximum absolute atomic E-state index is 13.1.